The monoisotopic (exact) mass is 322 g/mol. The largest absolute Gasteiger partial charge is 0.380 e. The first-order valence-electron chi connectivity index (χ1n) is 9.37. The van der Waals surface area contributed by atoms with E-state index in [0.29, 0.717) is 0 Å². The van der Waals surface area contributed by atoms with Crippen LogP contribution in [0.1, 0.15) is 61.8 Å². The average Bonchev–Trinajstić information content (AvgIpc) is 2.65. The van der Waals surface area contributed by atoms with Crippen LogP contribution in [0.3, 0.4) is 0 Å². The van der Waals surface area contributed by atoms with Gasteiger partial charge >= 0.3 is 0 Å². The highest BCUT2D eigenvalue weighted by Gasteiger charge is 2.08. The second kappa shape index (κ2) is 37.2. The minimum absolute atomic E-state index is 0.869. The van der Waals surface area contributed by atoms with Crippen LogP contribution in [0.5, 0.6) is 0 Å². The molecule has 1 rings (SSSR count). The Balaban J connectivity index is -0.000000136. The summed E-state index contributed by atoms with van der Waals surface area (Å²) in [6.07, 6.45) is 1.11. The number of nitrogens with one attached hydrogen (secondary N) is 1. The maximum atomic E-state index is 5.40. The normalized spacial score (nSPS) is 13.0. The molecule has 4 heteroatoms. The van der Waals surface area contributed by atoms with E-state index in [9.17, 15) is 0 Å². The number of hydrogen-bond acceptors (Lipinski definition) is 4. The first-order chi connectivity index (χ1) is 10.8. The second-order valence-corrected chi connectivity index (χ2v) is 3.77. The van der Waals surface area contributed by atoms with Crippen molar-refractivity contribution in [3.05, 3.63) is 0 Å². The average molecular weight is 323 g/mol. The smallest absolute Gasteiger partial charge is 0.0594 e. The Bertz CT molecular complexity index is 128. The lowest BCUT2D eigenvalue weighted by Crippen LogP contribution is -2.38. The Labute approximate surface area is 141 Å². The predicted octanol–water partition coefficient (Wildman–Crippen LogP) is 4.05. The molecule has 0 aromatic carbocycles. The van der Waals surface area contributed by atoms with E-state index in [1.807, 2.05) is 48.6 Å². The molecule has 22 heavy (non-hydrogen) atoms. The number of nitrogens with zero attached hydrogens (tertiary/aromatic N) is 1. The third kappa shape index (κ3) is 32.0. The summed E-state index contributed by atoms with van der Waals surface area (Å²) in [4.78, 5) is 2.39. The summed E-state index contributed by atoms with van der Waals surface area (Å²) in [5.74, 6) is 0. The van der Waals surface area contributed by atoms with E-state index in [1.165, 1.54) is 0 Å². The van der Waals surface area contributed by atoms with Gasteiger partial charge in [0, 0.05) is 26.2 Å². The summed E-state index contributed by atoms with van der Waals surface area (Å²) in [6.45, 7) is 24.0. The zero-order valence-corrected chi connectivity index (χ0v) is 17.1. The van der Waals surface area contributed by atoms with Crippen molar-refractivity contribution in [1.82, 2.24) is 10.2 Å². The van der Waals surface area contributed by atoms with Gasteiger partial charge in [0.15, 0.2) is 0 Å². The van der Waals surface area contributed by atoms with Crippen molar-refractivity contribution in [1.29, 1.82) is 0 Å². The van der Waals surface area contributed by atoms with Crippen molar-refractivity contribution in [2.75, 3.05) is 59.7 Å². The molecule has 1 heterocycles. The molecule has 0 atom stereocenters. The molecule has 1 aliphatic rings. The van der Waals surface area contributed by atoms with Gasteiger partial charge in [0.25, 0.3) is 0 Å². The van der Waals surface area contributed by atoms with Crippen LogP contribution in [-0.2, 0) is 9.47 Å². The van der Waals surface area contributed by atoms with Crippen LogP contribution in [0, 0.1) is 0 Å². The van der Waals surface area contributed by atoms with Gasteiger partial charge in [0.05, 0.1) is 19.8 Å². The van der Waals surface area contributed by atoms with E-state index < -0.39 is 0 Å². The van der Waals surface area contributed by atoms with Crippen LogP contribution in [0.15, 0.2) is 0 Å². The van der Waals surface area contributed by atoms with E-state index in [1.54, 1.807) is 0 Å². The maximum Gasteiger partial charge on any atom is 0.0594 e. The summed E-state index contributed by atoms with van der Waals surface area (Å²) in [5, 5.41) is 2.93. The summed E-state index contributed by atoms with van der Waals surface area (Å²) < 4.78 is 10.6. The first kappa shape index (κ1) is 29.8. The molecule has 0 aromatic heterocycles. The molecule has 1 aliphatic heterocycles. The lowest BCUT2D eigenvalue weighted by atomic mass is 10.4. The number of rotatable bonds is 6. The minimum Gasteiger partial charge on any atom is -0.380 e. The topological polar surface area (TPSA) is 33.7 Å². The van der Waals surface area contributed by atoms with Gasteiger partial charge in [-0.3, -0.25) is 4.90 Å². The summed E-state index contributed by atoms with van der Waals surface area (Å²) >= 11 is 0. The zero-order chi connectivity index (χ0) is 18.1. The van der Waals surface area contributed by atoms with Crippen molar-refractivity contribution in [3.8, 4) is 0 Å². The molecule has 0 bridgehead atoms. The van der Waals surface area contributed by atoms with Crippen molar-refractivity contribution in [2.24, 2.45) is 0 Å². The van der Waals surface area contributed by atoms with Crippen molar-refractivity contribution < 1.29 is 9.47 Å². The van der Waals surface area contributed by atoms with Gasteiger partial charge < -0.3 is 14.8 Å². The predicted molar refractivity (Wildman–Crippen MR) is 102 cm³/mol. The number of ether oxygens (including phenoxy) is 2. The molecule has 4 nitrogen and oxygen atoms in total. The highest BCUT2D eigenvalue weighted by Crippen LogP contribution is 1.95. The second-order valence-electron chi connectivity index (χ2n) is 3.77. The Kier molecular flexibility index (Phi) is 50.5. The fourth-order valence-corrected chi connectivity index (χ4v) is 1.26. The molecular weight excluding hydrogens is 276 g/mol. The summed E-state index contributed by atoms with van der Waals surface area (Å²) in [6, 6.07) is 0. The number of morpholine rings is 1. The molecule has 0 radical (unpaired) electrons. The van der Waals surface area contributed by atoms with E-state index >= 15 is 0 Å². The highest BCUT2D eigenvalue weighted by atomic mass is 16.5. The van der Waals surface area contributed by atoms with Crippen LogP contribution < -0.4 is 5.32 Å². The Morgan fingerprint density at radius 3 is 1.73 bits per heavy atom. The highest BCUT2D eigenvalue weighted by molar-refractivity contribution is 4.60. The SMILES string of the molecule is CC.CC.CC.CCCOCCN1CCOCC1.CCNC. The standard InChI is InChI=1S/C9H19NO2.C3H9N.3C2H6/c1-2-6-11-7-3-10-4-8-12-9-5-10;1-3-4-2;3*1-2/h2-9H2,1H3;4H,3H2,1-2H3;3*1-2H3. The molecular formula is C18H46N2O2. The van der Waals surface area contributed by atoms with Gasteiger partial charge in [0.2, 0.25) is 0 Å². The van der Waals surface area contributed by atoms with Crippen LogP contribution in [0.2, 0.25) is 0 Å². The van der Waals surface area contributed by atoms with Crippen LogP contribution in [0.25, 0.3) is 0 Å². The summed E-state index contributed by atoms with van der Waals surface area (Å²) in [7, 11) is 1.93. The van der Waals surface area contributed by atoms with E-state index in [0.717, 1.165) is 59.0 Å². The van der Waals surface area contributed by atoms with Gasteiger partial charge in [-0.05, 0) is 20.0 Å². The minimum atomic E-state index is 0.869. The molecule has 1 fully saturated rings. The Hall–Kier alpha value is -0.160. The molecule has 0 unspecified atom stereocenters. The van der Waals surface area contributed by atoms with Crippen molar-refractivity contribution >= 4 is 0 Å². The lowest BCUT2D eigenvalue weighted by molar-refractivity contribution is 0.0205. The molecule has 0 amide bonds. The molecule has 0 spiro atoms. The fourth-order valence-electron chi connectivity index (χ4n) is 1.26. The molecule has 0 saturated carbocycles. The first-order valence-corrected chi connectivity index (χ1v) is 9.37. The van der Waals surface area contributed by atoms with Gasteiger partial charge in [-0.25, -0.2) is 0 Å². The summed E-state index contributed by atoms with van der Waals surface area (Å²) in [5.41, 5.74) is 0. The van der Waals surface area contributed by atoms with E-state index in [-0.39, 0.29) is 0 Å². The Morgan fingerprint density at radius 2 is 1.36 bits per heavy atom. The van der Waals surface area contributed by atoms with Gasteiger partial charge in [-0.15, -0.1) is 0 Å². The third-order valence-corrected chi connectivity index (χ3v) is 2.36. The zero-order valence-electron chi connectivity index (χ0n) is 17.1. The fraction of sp³-hybridized carbons (Fsp3) is 1.00. The van der Waals surface area contributed by atoms with E-state index in [2.05, 4.69) is 24.1 Å². The lowest BCUT2D eigenvalue weighted by Gasteiger charge is -2.26. The molecule has 1 N–H and O–H groups in total. The molecule has 140 valence electrons. The van der Waals surface area contributed by atoms with E-state index in [4.69, 9.17) is 9.47 Å². The number of hydrogen-bond donors (Lipinski definition) is 1. The Morgan fingerprint density at radius 1 is 0.909 bits per heavy atom. The van der Waals surface area contributed by atoms with Crippen LogP contribution in [-0.4, -0.2) is 64.6 Å². The molecule has 0 aliphatic carbocycles. The van der Waals surface area contributed by atoms with Gasteiger partial charge in [-0.2, -0.15) is 0 Å². The maximum absolute atomic E-state index is 5.40. The third-order valence-electron chi connectivity index (χ3n) is 2.36. The van der Waals surface area contributed by atoms with Gasteiger partial charge in [-0.1, -0.05) is 55.4 Å². The quantitative estimate of drug-likeness (QED) is 0.748. The van der Waals surface area contributed by atoms with Crippen LogP contribution in [0.4, 0.5) is 0 Å². The molecule has 1 saturated heterocycles. The molecule has 0 aromatic rings. The van der Waals surface area contributed by atoms with Crippen molar-refractivity contribution in [3.63, 3.8) is 0 Å². The van der Waals surface area contributed by atoms with Crippen molar-refractivity contribution in [2.45, 2.75) is 61.8 Å². The van der Waals surface area contributed by atoms with Crippen LogP contribution >= 0.6 is 0 Å². The van der Waals surface area contributed by atoms with Gasteiger partial charge in [0.1, 0.15) is 0 Å².